The van der Waals surface area contributed by atoms with Crippen LogP contribution in [0.25, 0.3) is 11.1 Å². The molecule has 3 rings (SSSR count). The standard InChI is InChI=1S/C17H15NO2S2/c1-19-15-9-8-13(10-16(15)20-2)18-17-14(11-21-22-17)12-6-4-3-5-7-12/h3-11H,1-2H3. The van der Waals surface area contributed by atoms with Crippen molar-refractivity contribution < 1.29 is 9.47 Å². The lowest BCUT2D eigenvalue weighted by Crippen LogP contribution is -1.96. The van der Waals surface area contributed by atoms with Crippen LogP contribution in [0.15, 0.2) is 58.9 Å². The summed E-state index contributed by atoms with van der Waals surface area (Å²) in [4.78, 5) is 4.75. The Labute approximate surface area is 136 Å². The molecule has 0 aliphatic heterocycles. The first-order valence-corrected chi connectivity index (χ1v) is 8.93. The zero-order chi connectivity index (χ0) is 15.4. The lowest BCUT2D eigenvalue weighted by molar-refractivity contribution is 0.355. The van der Waals surface area contributed by atoms with Crippen molar-refractivity contribution in [1.29, 1.82) is 0 Å². The highest BCUT2D eigenvalue weighted by atomic mass is 32.9. The van der Waals surface area contributed by atoms with E-state index in [1.807, 2.05) is 36.4 Å². The second kappa shape index (κ2) is 6.77. The summed E-state index contributed by atoms with van der Waals surface area (Å²) < 4.78 is 11.6. The van der Waals surface area contributed by atoms with Gasteiger partial charge in [-0.25, -0.2) is 4.99 Å². The minimum absolute atomic E-state index is 0.685. The molecule has 0 saturated carbocycles. The smallest absolute Gasteiger partial charge is 0.162 e. The Morgan fingerprint density at radius 2 is 1.68 bits per heavy atom. The van der Waals surface area contributed by atoms with Crippen molar-refractivity contribution in [2.45, 2.75) is 0 Å². The number of benzene rings is 2. The number of methoxy groups -OCH3 is 2. The van der Waals surface area contributed by atoms with Crippen LogP contribution < -0.4 is 14.1 Å². The van der Waals surface area contributed by atoms with Crippen molar-refractivity contribution in [2.75, 3.05) is 14.2 Å². The molecule has 0 N–H and O–H groups in total. The highest BCUT2D eigenvalue weighted by Crippen LogP contribution is 2.31. The van der Waals surface area contributed by atoms with Crippen LogP contribution in [0.5, 0.6) is 11.5 Å². The Morgan fingerprint density at radius 3 is 2.41 bits per heavy atom. The summed E-state index contributed by atoms with van der Waals surface area (Å²) in [6.07, 6.45) is 0. The first-order chi connectivity index (χ1) is 10.8. The van der Waals surface area contributed by atoms with Gasteiger partial charge in [0, 0.05) is 17.0 Å². The number of nitrogens with zero attached hydrogens (tertiary/aromatic N) is 1. The predicted octanol–water partition coefficient (Wildman–Crippen LogP) is 4.73. The molecule has 0 fully saturated rings. The van der Waals surface area contributed by atoms with Gasteiger partial charge < -0.3 is 9.47 Å². The van der Waals surface area contributed by atoms with Crippen molar-refractivity contribution in [1.82, 2.24) is 0 Å². The second-order valence-corrected chi connectivity index (χ2v) is 6.59. The third-order valence-electron chi connectivity index (χ3n) is 3.21. The van der Waals surface area contributed by atoms with Gasteiger partial charge in [0.15, 0.2) is 11.5 Å². The molecule has 0 unspecified atom stereocenters. The number of rotatable bonds is 4. The predicted molar refractivity (Wildman–Crippen MR) is 92.4 cm³/mol. The summed E-state index contributed by atoms with van der Waals surface area (Å²) in [6.45, 7) is 0. The summed E-state index contributed by atoms with van der Waals surface area (Å²) >= 11 is 0. The number of hydrogen-bond acceptors (Lipinski definition) is 5. The minimum atomic E-state index is 0.685. The SMILES string of the molecule is COc1ccc(N=c2sscc2-c2ccccc2)cc1OC. The molecule has 0 aliphatic carbocycles. The van der Waals surface area contributed by atoms with Gasteiger partial charge in [0.1, 0.15) is 4.67 Å². The maximum Gasteiger partial charge on any atom is 0.162 e. The van der Waals surface area contributed by atoms with Gasteiger partial charge in [-0.1, -0.05) is 51.0 Å². The van der Waals surface area contributed by atoms with Crippen molar-refractivity contribution in [2.24, 2.45) is 4.99 Å². The topological polar surface area (TPSA) is 30.8 Å². The van der Waals surface area contributed by atoms with E-state index in [-0.39, 0.29) is 0 Å². The summed E-state index contributed by atoms with van der Waals surface area (Å²) in [7, 11) is 6.61. The van der Waals surface area contributed by atoms with Crippen LogP contribution in [0.3, 0.4) is 0 Å². The van der Waals surface area contributed by atoms with E-state index >= 15 is 0 Å². The van der Waals surface area contributed by atoms with E-state index in [0.717, 1.165) is 15.9 Å². The molecule has 5 heteroatoms. The first-order valence-electron chi connectivity index (χ1n) is 6.72. The Morgan fingerprint density at radius 1 is 0.909 bits per heavy atom. The third kappa shape index (κ3) is 3.05. The molecular formula is C17H15NO2S2. The summed E-state index contributed by atoms with van der Waals surface area (Å²) in [6, 6.07) is 16.0. The Hall–Kier alpha value is -2.11. The van der Waals surface area contributed by atoms with Gasteiger partial charge in [0.2, 0.25) is 0 Å². The van der Waals surface area contributed by atoms with E-state index in [1.165, 1.54) is 5.56 Å². The highest BCUT2D eigenvalue weighted by Gasteiger charge is 2.06. The van der Waals surface area contributed by atoms with Gasteiger partial charge in [-0.05, 0) is 17.7 Å². The maximum absolute atomic E-state index is 5.33. The van der Waals surface area contributed by atoms with Crippen molar-refractivity contribution >= 4 is 26.4 Å². The van der Waals surface area contributed by atoms with Gasteiger partial charge in [0.25, 0.3) is 0 Å². The molecule has 3 aromatic rings. The van der Waals surface area contributed by atoms with E-state index in [0.29, 0.717) is 11.5 Å². The highest BCUT2D eigenvalue weighted by molar-refractivity contribution is 7.68. The number of hydrogen-bond donors (Lipinski definition) is 0. The molecule has 0 spiro atoms. The second-order valence-electron chi connectivity index (χ2n) is 4.53. The quantitative estimate of drug-likeness (QED) is 0.648. The lowest BCUT2D eigenvalue weighted by Gasteiger charge is -2.07. The lowest BCUT2D eigenvalue weighted by atomic mass is 10.1. The van der Waals surface area contributed by atoms with Crippen LogP contribution >= 0.6 is 20.7 Å². The monoisotopic (exact) mass is 329 g/mol. The van der Waals surface area contributed by atoms with E-state index in [1.54, 1.807) is 34.9 Å². The van der Waals surface area contributed by atoms with Crippen molar-refractivity contribution in [3.8, 4) is 22.6 Å². The van der Waals surface area contributed by atoms with Crippen molar-refractivity contribution in [3.63, 3.8) is 0 Å². The molecule has 0 atom stereocenters. The first kappa shape index (κ1) is 14.8. The molecule has 1 heterocycles. The fourth-order valence-electron chi connectivity index (χ4n) is 2.11. The fourth-order valence-corrected chi connectivity index (χ4v) is 4.17. The van der Waals surface area contributed by atoms with E-state index in [4.69, 9.17) is 14.5 Å². The van der Waals surface area contributed by atoms with Gasteiger partial charge in [-0.15, -0.1) is 0 Å². The van der Waals surface area contributed by atoms with Gasteiger partial charge in [-0.2, -0.15) is 0 Å². The summed E-state index contributed by atoms with van der Waals surface area (Å²) in [5, 5.41) is 2.14. The zero-order valence-electron chi connectivity index (χ0n) is 12.3. The van der Waals surface area contributed by atoms with Gasteiger partial charge in [0.05, 0.1) is 19.9 Å². The van der Waals surface area contributed by atoms with E-state index in [2.05, 4.69) is 17.5 Å². The molecule has 1 aromatic heterocycles. The van der Waals surface area contributed by atoms with Crippen LogP contribution in [-0.4, -0.2) is 14.2 Å². The molecule has 3 nitrogen and oxygen atoms in total. The molecule has 0 bridgehead atoms. The molecule has 0 radical (unpaired) electrons. The molecular weight excluding hydrogens is 314 g/mol. The van der Waals surface area contributed by atoms with Crippen LogP contribution in [0.2, 0.25) is 0 Å². The fraction of sp³-hybridized carbons (Fsp3) is 0.118. The minimum Gasteiger partial charge on any atom is -0.493 e. The van der Waals surface area contributed by atoms with Crippen LogP contribution in [0, 0.1) is 0 Å². The van der Waals surface area contributed by atoms with E-state index < -0.39 is 0 Å². The van der Waals surface area contributed by atoms with E-state index in [9.17, 15) is 0 Å². The van der Waals surface area contributed by atoms with Crippen molar-refractivity contribution in [3.05, 3.63) is 58.6 Å². The Kier molecular flexibility index (Phi) is 4.56. The average Bonchev–Trinajstić information content (AvgIpc) is 3.03. The molecule has 112 valence electrons. The van der Waals surface area contributed by atoms with Gasteiger partial charge >= 0.3 is 0 Å². The average molecular weight is 329 g/mol. The molecule has 0 aliphatic rings. The largest absolute Gasteiger partial charge is 0.493 e. The van der Waals surface area contributed by atoms with Crippen LogP contribution in [0.4, 0.5) is 5.69 Å². The molecule has 0 amide bonds. The van der Waals surface area contributed by atoms with Gasteiger partial charge in [-0.3, -0.25) is 0 Å². The van der Waals surface area contributed by atoms with Crippen LogP contribution in [-0.2, 0) is 0 Å². The molecule has 0 saturated heterocycles. The zero-order valence-corrected chi connectivity index (χ0v) is 13.9. The third-order valence-corrected chi connectivity index (χ3v) is 5.15. The molecule has 22 heavy (non-hydrogen) atoms. The number of ether oxygens (including phenoxy) is 2. The van der Waals surface area contributed by atoms with Crippen LogP contribution in [0.1, 0.15) is 0 Å². The maximum atomic E-state index is 5.33. The molecule has 2 aromatic carbocycles. The summed E-state index contributed by atoms with van der Waals surface area (Å²) in [5.41, 5.74) is 3.19. The summed E-state index contributed by atoms with van der Waals surface area (Å²) in [5.74, 6) is 1.39. The Bertz CT molecular complexity index is 822. The normalized spacial score (nSPS) is 11.5. The Balaban J connectivity index is 2.06.